The number of nitrogens with one attached hydrogen (secondary N) is 2. The number of anilines is 2. The lowest BCUT2D eigenvalue weighted by molar-refractivity contribution is -0.129. The minimum Gasteiger partial charge on any atom is -0.496 e. The molecule has 1 saturated heterocycles. The van der Waals surface area contributed by atoms with Gasteiger partial charge < -0.3 is 19.9 Å². The van der Waals surface area contributed by atoms with E-state index in [9.17, 15) is 9.59 Å². The smallest absolute Gasteiger partial charge is 0.261 e. The van der Waals surface area contributed by atoms with Crippen LogP contribution in [-0.4, -0.2) is 55.1 Å². The average molecular weight is 540 g/mol. The molecule has 7 nitrogen and oxygen atoms in total. The summed E-state index contributed by atoms with van der Waals surface area (Å²) in [5.41, 5.74) is 2.76. The third-order valence-corrected chi connectivity index (χ3v) is 6.15. The Balaban J connectivity index is 1.64. The van der Waals surface area contributed by atoms with Gasteiger partial charge in [0, 0.05) is 43.3 Å². The summed E-state index contributed by atoms with van der Waals surface area (Å²) in [5.74, 6) is 0.196. The number of hydrogen-bond acceptors (Lipinski definition) is 5. The van der Waals surface area contributed by atoms with Gasteiger partial charge in [-0.25, -0.2) is 0 Å². The molecule has 2 aromatic rings. The minimum atomic E-state index is -0.380. The number of amides is 2. The van der Waals surface area contributed by atoms with Crippen molar-refractivity contribution in [1.82, 2.24) is 10.2 Å². The Morgan fingerprint density at radius 2 is 1.84 bits per heavy atom. The number of methoxy groups -OCH3 is 1. The lowest BCUT2D eigenvalue weighted by Gasteiger charge is -2.36. The van der Waals surface area contributed by atoms with Crippen LogP contribution in [0.15, 0.2) is 34.8 Å². The molecule has 3 rings (SSSR count). The molecule has 0 aromatic heterocycles. The van der Waals surface area contributed by atoms with Gasteiger partial charge in [-0.05, 0) is 55.0 Å². The number of rotatable bonds is 4. The Morgan fingerprint density at radius 1 is 1.16 bits per heavy atom. The first-order chi connectivity index (χ1) is 15.2. The number of ether oxygens (including phenoxy) is 1. The maximum Gasteiger partial charge on any atom is 0.261 e. The molecule has 0 unspecified atom stereocenters. The van der Waals surface area contributed by atoms with Gasteiger partial charge in [0.15, 0.2) is 5.11 Å². The first-order valence-corrected chi connectivity index (χ1v) is 11.5. The summed E-state index contributed by atoms with van der Waals surface area (Å²) in [6.07, 6.45) is 0. The number of thiocarbonyl (C=S) groups is 1. The molecule has 0 bridgehead atoms. The van der Waals surface area contributed by atoms with Crippen LogP contribution in [0.2, 0.25) is 5.02 Å². The SMILES string of the molecule is COc1c(C)cc(Br)cc1C(=O)NC(=S)Nc1ccc(N2CCN(C(C)=O)CC2)c(Cl)c1. The van der Waals surface area contributed by atoms with E-state index in [0.717, 1.165) is 15.7 Å². The Hall–Kier alpha value is -2.36. The molecule has 1 fully saturated rings. The quantitative estimate of drug-likeness (QED) is 0.567. The van der Waals surface area contributed by atoms with Gasteiger partial charge in [-0.1, -0.05) is 27.5 Å². The van der Waals surface area contributed by atoms with Gasteiger partial charge in [0.05, 0.1) is 23.4 Å². The highest BCUT2D eigenvalue weighted by Crippen LogP contribution is 2.30. The Bertz CT molecular complexity index is 1060. The number of hydrogen-bond donors (Lipinski definition) is 2. The number of nitrogens with zero attached hydrogens (tertiary/aromatic N) is 2. The van der Waals surface area contributed by atoms with Crippen LogP contribution >= 0.6 is 39.7 Å². The highest BCUT2D eigenvalue weighted by molar-refractivity contribution is 9.10. The van der Waals surface area contributed by atoms with Crippen LogP contribution in [0.1, 0.15) is 22.8 Å². The first kappa shape index (κ1) is 24.3. The average Bonchev–Trinajstić information content (AvgIpc) is 2.73. The van der Waals surface area contributed by atoms with E-state index in [0.29, 0.717) is 48.2 Å². The first-order valence-electron chi connectivity index (χ1n) is 9.96. The third kappa shape index (κ3) is 5.70. The molecule has 0 saturated carbocycles. The van der Waals surface area contributed by atoms with Gasteiger partial charge in [0.1, 0.15) is 5.75 Å². The van der Waals surface area contributed by atoms with Crippen molar-refractivity contribution >= 4 is 68.1 Å². The summed E-state index contributed by atoms with van der Waals surface area (Å²) < 4.78 is 6.14. The third-order valence-electron chi connectivity index (χ3n) is 5.19. The van der Waals surface area contributed by atoms with Crippen molar-refractivity contribution in [3.8, 4) is 5.75 Å². The van der Waals surface area contributed by atoms with E-state index in [2.05, 4.69) is 31.5 Å². The van der Waals surface area contributed by atoms with Gasteiger partial charge in [0.25, 0.3) is 5.91 Å². The predicted octanol–water partition coefficient (Wildman–Crippen LogP) is 4.21. The molecule has 2 aromatic carbocycles. The second kappa shape index (κ2) is 10.5. The Morgan fingerprint density at radius 3 is 2.44 bits per heavy atom. The fraction of sp³-hybridized carbons (Fsp3) is 0.318. The van der Waals surface area contributed by atoms with Gasteiger partial charge in [-0.15, -0.1) is 0 Å². The van der Waals surface area contributed by atoms with E-state index in [-0.39, 0.29) is 16.9 Å². The lowest BCUT2D eigenvalue weighted by Crippen LogP contribution is -2.48. The molecule has 32 heavy (non-hydrogen) atoms. The van der Waals surface area contributed by atoms with Crippen molar-refractivity contribution in [1.29, 1.82) is 0 Å². The molecule has 170 valence electrons. The largest absolute Gasteiger partial charge is 0.496 e. The zero-order valence-corrected chi connectivity index (χ0v) is 21.2. The van der Waals surface area contributed by atoms with Crippen molar-refractivity contribution in [2.75, 3.05) is 43.5 Å². The monoisotopic (exact) mass is 538 g/mol. The van der Waals surface area contributed by atoms with Crippen molar-refractivity contribution in [3.05, 3.63) is 51.0 Å². The summed E-state index contributed by atoms with van der Waals surface area (Å²) in [6, 6.07) is 9.06. The highest BCUT2D eigenvalue weighted by atomic mass is 79.9. The molecule has 1 heterocycles. The van der Waals surface area contributed by atoms with Crippen LogP contribution in [0.3, 0.4) is 0 Å². The maximum absolute atomic E-state index is 12.7. The van der Waals surface area contributed by atoms with Gasteiger partial charge in [-0.2, -0.15) is 0 Å². The van der Waals surface area contributed by atoms with Crippen LogP contribution < -0.4 is 20.3 Å². The molecule has 0 atom stereocenters. The van der Waals surface area contributed by atoms with E-state index >= 15 is 0 Å². The normalized spacial score (nSPS) is 13.5. The van der Waals surface area contributed by atoms with Crippen LogP contribution in [-0.2, 0) is 4.79 Å². The summed E-state index contributed by atoms with van der Waals surface area (Å²) in [4.78, 5) is 28.2. The maximum atomic E-state index is 12.7. The molecule has 2 amide bonds. The van der Waals surface area contributed by atoms with Crippen molar-refractivity contribution < 1.29 is 14.3 Å². The van der Waals surface area contributed by atoms with Gasteiger partial charge in [-0.3, -0.25) is 14.9 Å². The molecule has 2 N–H and O–H groups in total. The predicted molar refractivity (Wildman–Crippen MR) is 135 cm³/mol. The number of carbonyl (C=O) groups excluding carboxylic acids is 2. The van der Waals surface area contributed by atoms with E-state index in [1.807, 2.05) is 30.0 Å². The van der Waals surface area contributed by atoms with Crippen molar-refractivity contribution in [2.45, 2.75) is 13.8 Å². The standard InChI is InChI=1S/C22H24BrClN4O3S/c1-13-10-15(23)11-17(20(13)31-3)21(30)26-22(32)25-16-4-5-19(18(24)12-16)28-8-6-27(7-9-28)14(2)29/h4-5,10-12H,6-9H2,1-3H3,(H2,25,26,30,32). The van der Waals surface area contributed by atoms with Gasteiger partial charge >= 0.3 is 0 Å². The number of carbonyl (C=O) groups is 2. The minimum absolute atomic E-state index is 0.0847. The summed E-state index contributed by atoms with van der Waals surface area (Å²) in [5, 5.41) is 6.38. The van der Waals surface area contributed by atoms with Gasteiger partial charge in [0.2, 0.25) is 5.91 Å². The summed E-state index contributed by atoms with van der Waals surface area (Å²) >= 11 is 15.2. The molecular weight excluding hydrogens is 516 g/mol. The van der Waals surface area contributed by atoms with Crippen LogP contribution in [0.5, 0.6) is 5.75 Å². The Kier molecular flexibility index (Phi) is 7.97. The van der Waals surface area contributed by atoms with E-state index in [4.69, 9.17) is 28.6 Å². The van der Waals surface area contributed by atoms with Crippen molar-refractivity contribution in [2.24, 2.45) is 0 Å². The molecule has 1 aliphatic rings. The molecule has 0 radical (unpaired) electrons. The highest BCUT2D eigenvalue weighted by Gasteiger charge is 2.21. The zero-order valence-electron chi connectivity index (χ0n) is 18.0. The van der Waals surface area contributed by atoms with Crippen molar-refractivity contribution in [3.63, 3.8) is 0 Å². The summed E-state index contributed by atoms with van der Waals surface area (Å²) in [7, 11) is 1.52. The number of aryl methyl sites for hydroxylation is 1. The summed E-state index contributed by atoms with van der Waals surface area (Å²) in [6.45, 7) is 6.21. The fourth-order valence-electron chi connectivity index (χ4n) is 3.61. The van der Waals surface area contributed by atoms with Crippen LogP contribution in [0.4, 0.5) is 11.4 Å². The van der Waals surface area contributed by atoms with Crippen LogP contribution in [0.25, 0.3) is 0 Å². The van der Waals surface area contributed by atoms with E-state index < -0.39 is 0 Å². The lowest BCUT2D eigenvalue weighted by atomic mass is 10.1. The second-order valence-electron chi connectivity index (χ2n) is 7.37. The molecule has 0 spiro atoms. The molecule has 1 aliphatic heterocycles. The van der Waals surface area contributed by atoms with Crippen LogP contribution in [0, 0.1) is 6.92 Å². The number of piperazine rings is 1. The Labute approximate surface area is 206 Å². The molecular formula is C22H24BrClN4O3S. The van der Waals surface area contributed by atoms with E-state index in [1.54, 1.807) is 19.1 Å². The molecule has 10 heteroatoms. The fourth-order valence-corrected chi connectivity index (χ4v) is 4.69. The molecule has 0 aliphatic carbocycles. The number of benzene rings is 2. The second-order valence-corrected chi connectivity index (χ2v) is 9.10. The number of halogens is 2. The zero-order chi connectivity index (χ0) is 23.4. The topological polar surface area (TPSA) is 73.9 Å². The van der Waals surface area contributed by atoms with E-state index in [1.165, 1.54) is 7.11 Å².